The lowest BCUT2D eigenvalue weighted by atomic mass is 9.87. The van der Waals surface area contributed by atoms with E-state index in [0.717, 1.165) is 24.8 Å². The Bertz CT molecular complexity index is 925. The SMILES string of the molecule is Cc1cccc(NS(=O)(=O)c2cccc(C(=O)NC3CCCC(C)C3)c2)c1. The van der Waals surface area contributed by atoms with Crippen molar-refractivity contribution in [2.45, 2.75) is 50.5 Å². The van der Waals surface area contributed by atoms with Crippen LogP contribution in [0, 0.1) is 12.8 Å². The molecule has 1 fully saturated rings. The van der Waals surface area contributed by atoms with Crippen LogP contribution in [0.25, 0.3) is 0 Å². The lowest BCUT2D eigenvalue weighted by molar-refractivity contribution is 0.0921. The molecule has 2 unspecified atom stereocenters. The highest BCUT2D eigenvalue weighted by molar-refractivity contribution is 7.92. The van der Waals surface area contributed by atoms with E-state index in [1.54, 1.807) is 30.3 Å². The van der Waals surface area contributed by atoms with Crippen molar-refractivity contribution < 1.29 is 13.2 Å². The molecule has 2 aromatic rings. The van der Waals surface area contributed by atoms with Gasteiger partial charge in [0.2, 0.25) is 0 Å². The van der Waals surface area contributed by atoms with Crippen LogP contribution in [-0.2, 0) is 10.0 Å². The third kappa shape index (κ3) is 5.10. The van der Waals surface area contributed by atoms with Crippen LogP contribution >= 0.6 is 0 Å². The minimum Gasteiger partial charge on any atom is -0.349 e. The van der Waals surface area contributed by atoms with Gasteiger partial charge in [0.25, 0.3) is 15.9 Å². The number of anilines is 1. The van der Waals surface area contributed by atoms with E-state index in [0.29, 0.717) is 17.2 Å². The lowest BCUT2D eigenvalue weighted by Crippen LogP contribution is -2.38. The average Bonchev–Trinajstić information content (AvgIpc) is 2.61. The molecule has 1 amide bonds. The van der Waals surface area contributed by atoms with Crippen molar-refractivity contribution >= 4 is 21.6 Å². The predicted molar refractivity (Wildman–Crippen MR) is 107 cm³/mol. The molecule has 27 heavy (non-hydrogen) atoms. The van der Waals surface area contributed by atoms with Gasteiger partial charge < -0.3 is 5.32 Å². The van der Waals surface area contributed by atoms with Crippen LogP contribution in [0.2, 0.25) is 0 Å². The van der Waals surface area contributed by atoms with Crippen LogP contribution in [0.15, 0.2) is 53.4 Å². The molecule has 0 heterocycles. The number of hydrogen-bond acceptors (Lipinski definition) is 3. The number of rotatable bonds is 5. The fourth-order valence-electron chi connectivity index (χ4n) is 3.56. The van der Waals surface area contributed by atoms with Gasteiger partial charge in [-0.05, 0) is 61.6 Å². The minimum atomic E-state index is -3.76. The monoisotopic (exact) mass is 386 g/mol. The molecule has 144 valence electrons. The number of hydrogen-bond donors (Lipinski definition) is 2. The van der Waals surface area contributed by atoms with Crippen LogP contribution < -0.4 is 10.0 Å². The summed E-state index contributed by atoms with van der Waals surface area (Å²) >= 11 is 0. The van der Waals surface area contributed by atoms with E-state index in [4.69, 9.17) is 0 Å². The average molecular weight is 387 g/mol. The van der Waals surface area contributed by atoms with E-state index in [2.05, 4.69) is 17.0 Å². The highest BCUT2D eigenvalue weighted by atomic mass is 32.2. The van der Waals surface area contributed by atoms with Gasteiger partial charge in [0.05, 0.1) is 4.90 Å². The molecule has 0 aromatic heterocycles. The maximum absolute atomic E-state index is 12.7. The van der Waals surface area contributed by atoms with Gasteiger partial charge in [0.15, 0.2) is 0 Å². The van der Waals surface area contributed by atoms with Crippen molar-refractivity contribution in [2.24, 2.45) is 5.92 Å². The predicted octanol–water partition coefficient (Wildman–Crippen LogP) is 4.10. The first-order chi connectivity index (χ1) is 12.8. The second kappa shape index (κ2) is 8.13. The summed E-state index contributed by atoms with van der Waals surface area (Å²) in [4.78, 5) is 12.7. The Morgan fingerprint density at radius 2 is 1.85 bits per heavy atom. The maximum Gasteiger partial charge on any atom is 0.261 e. The largest absolute Gasteiger partial charge is 0.349 e. The molecule has 0 spiro atoms. The highest BCUT2D eigenvalue weighted by Crippen LogP contribution is 2.24. The van der Waals surface area contributed by atoms with E-state index >= 15 is 0 Å². The minimum absolute atomic E-state index is 0.0775. The summed E-state index contributed by atoms with van der Waals surface area (Å²) in [6.45, 7) is 4.09. The number of carbonyl (C=O) groups is 1. The summed E-state index contributed by atoms with van der Waals surface area (Å²) in [5.41, 5.74) is 1.83. The number of carbonyl (C=O) groups excluding carboxylic acids is 1. The van der Waals surface area contributed by atoms with Crippen molar-refractivity contribution in [3.63, 3.8) is 0 Å². The smallest absolute Gasteiger partial charge is 0.261 e. The van der Waals surface area contributed by atoms with Gasteiger partial charge in [0.1, 0.15) is 0 Å². The second-order valence-corrected chi connectivity index (χ2v) is 9.13. The number of nitrogens with one attached hydrogen (secondary N) is 2. The topological polar surface area (TPSA) is 75.3 Å². The molecule has 0 bridgehead atoms. The van der Waals surface area contributed by atoms with Gasteiger partial charge in [-0.25, -0.2) is 8.42 Å². The molecule has 2 aromatic carbocycles. The van der Waals surface area contributed by atoms with Crippen LogP contribution in [0.4, 0.5) is 5.69 Å². The molecular weight excluding hydrogens is 360 g/mol. The molecule has 6 heteroatoms. The molecule has 1 aliphatic carbocycles. The molecule has 2 atom stereocenters. The van der Waals surface area contributed by atoms with Gasteiger partial charge in [-0.1, -0.05) is 38.0 Å². The quantitative estimate of drug-likeness (QED) is 0.812. The first-order valence-corrected chi connectivity index (χ1v) is 10.8. The fraction of sp³-hybridized carbons (Fsp3) is 0.381. The van der Waals surface area contributed by atoms with Crippen molar-refractivity contribution in [3.8, 4) is 0 Å². The van der Waals surface area contributed by atoms with Crippen molar-refractivity contribution in [2.75, 3.05) is 4.72 Å². The Morgan fingerprint density at radius 3 is 2.59 bits per heavy atom. The molecule has 5 nitrogen and oxygen atoms in total. The Balaban J connectivity index is 1.75. The molecule has 0 radical (unpaired) electrons. The van der Waals surface area contributed by atoms with Gasteiger partial charge in [0, 0.05) is 17.3 Å². The van der Waals surface area contributed by atoms with E-state index in [1.165, 1.54) is 18.6 Å². The number of benzene rings is 2. The lowest BCUT2D eigenvalue weighted by Gasteiger charge is -2.27. The highest BCUT2D eigenvalue weighted by Gasteiger charge is 2.22. The van der Waals surface area contributed by atoms with Crippen LogP contribution in [0.1, 0.15) is 48.5 Å². The van der Waals surface area contributed by atoms with E-state index in [-0.39, 0.29) is 16.8 Å². The first-order valence-electron chi connectivity index (χ1n) is 9.34. The molecule has 0 aliphatic heterocycles. The maximum atomic E-state index is 12.7. The number of sulfonamides is 1. The molecule has 2 N–H and O–H groups in total. The van der Waals surface area contributed by atoms with Crippen LogP contribution in [-0.4, -0.2) is 20.4 Å². The van der Waals surface area contributed by atoms with Crippen LogP contribution in [0.5, 0.6) is 0 Å². The summed E-state index contributed by atoms with van der Waals surface area (Å²) in [6, 6.07) is 13.5. The normalized spacial score (nSPS) is 20.1. The molecule has 0 saturated heterocycles. The van der Waals surface area contributed by atoms with E-state index in [9.17, 15) is 13.2 Å². The standard InChI is InChI=1S/C21H26N2O3S/c1-15-6-3-9-18(12-15)22-21(24)17-8-5-11-20(14-17)27(25,26)23-19-10-4-7-16(2)13-19/h4-5,7-8,10-11,13-15,18,23H,3,6,9,12H2,1-2H3,(H,22,24). The molecule has 1 saturated carbocycles. The zero-order valence-electron chi connectivity index (χ0n) is 15.7. The second-order valence-electron chi connectivity index (χ2n) is 7.44. The summed E-state index contributed by atoms with van der Waals surface area (Å²) in [5, 5.41) is 3.05. The molecule has 1 aliphatic rings. The van der Waals surface area contributed by atoms with Gasteiger partial charge in [-0.3, -0.25) is 9.52 Å². The van der Waals surface area contributed by atoms with Gasteiger partial charge in [-0.15, -0.1) is 0 Å². The summed E-state index contributed by atoms with van der Waals surface area (Å²) in [5.74, 6) is 0.385. The Kier molecular flexibility index (Phi) is 5.85. The van der Waals surface area contributed by atoms with Crippen molar-refractivity contribution in [3.05, 3.63) is 59.7 Å². The number of aryl methyl sites for hydroxylation is 1. The van der Waals surface area contributed by atoms with Crippen molar-refractivity contribution in [1.29, 1.82) is 0 Å². The zero-order chi connectivity index (χ0) is 19.4. The molecule has 3 rings (SSSR count). The summed E-state index contributed by atoms with van der Waals surface area (Å²) in [6.07, 6.45) is 4.26. The fourth-order valence-corrected chi connectivity index (χ4v) is 4.66. The molecular formula is C21H26N2O3S. The third-order valence-electron chi connectivity index (χ3n) is 4.95. The third-order valence-corrected chi connectivity index (χ3v) is 6.33. The van der Waals surface area contributed by atoms with Crippen molar-refractivity contribution in [1.82, 2.24) is 5.32 Å². The summed E-state index contributed by atoms with van der Waals surface area (Å²) in [7, 11) is -3.76. The van der Waals surface area contributed by atoms with E-state index < -0.39 is 10.0 Å². The summed E-state index contributed by atoms with van der Waals surface area (Å²) < 4.78 is 27.9. The Morgan fingerprint density at radius 1 is 1.07 bits per heavy atom. The van der Waals surface area contributed by atoms with Gasteiger partial charge >= 0.3 is 0 Å². The first kappa shape index (κ1) is 19.4. The zero-order valence-corrected chi connectivity index (χ0v) is 16.6. The number of amides is 1. The van der Waals surface area contributed by atoms with E-state index in [1.807, 2.05) is 13.0 Å². The Hall–Kier alpha value is -2.34. The Labute approximate surface area is 161 Å². The van der Waals surface area contributed by atoms with Gasteiger partial charge in [-0.2, -0.15) is 0 Å². The van der Waals surface area contributed by atoms with Crippen LogP contribution in [0.3, 0.4) is 0 Å².